The van der Waals surface area contributed by atoms with Gasteiger partial charge in [0.25, 0.3) is 0 Å². The predicted molar refractivity (Wildman–Crippen MR) is 77.5 cm³/mol. The topological polar surface area (TPSA) is 64.0 Å². The van der Waals surface area contributed by atoms with E-state index in [1.165, 1.54) is 0 Å². The highest BCUT2D eigenvalue weighted by Gasteiger charge is 2.34. The number of anilines is 1. The lowest BCUT2D eigenvalue weighted by molar-refractivity contribution is 0.532. The van der Waals surface area contributed by atoms with Gasteiger partial charge < -0.3 is 5.32 Å². The van der Waals surface area contributed by atoms with E-state index in [4.69, 9.17) is 0 Å². The molecule has 0 radical (unpaired) electrons. The Hall–Kier alpha value is -1.82. The van der Waals surface area contributed by atoms with E-state index in [2.05, 4.69) is 10.4 Å². The predicted octanol–water partition coefficient (Wildman–Crippen LogP) is 2.40. The maximum Gasteiger partial charge on any atom is 0.181 e. The van der Waals surface area contributed by atoms with Crippen LogP contribution < -0.4 is 5.32 Å². The van der Waals surface area contributed by atoms with Crippen LogP contribution in [-0.2, 0) is 9.84 Å². The fourth-order valence-electron chi connectivity index (χ4n) is 2.47. The van der Waals surface area contributed by atoms with Gasteiger partial charge in [0.1, 0.15) is 0 Å². The summed E-state index contributed by atoms with van der Waals surface area (Å²) in [4.78, 5) is 0.439. The lowest BCUT2D eigenvalue weighted by Crippen LogP contribution is -2.12. The molecule has 1 aromatic carbocycles. The highest BCUT2D eigenvalue weighted by molar-refractivity contribution is 7.91. The number of sulfone groups is 1. The van der Waals surface area contributed by atoms with Gasteiger partial charge in [-0.1, -0.05) is 18.2 Å². The van der Waals surface area contributed by atoms with Crippen LogP contribution in [0.4, 0.5) is 5.69 Å². The lowest BCUT2D eigenvalue weighted by Gasteiger charge is -2.12. The van der Waals surface area contributed by atoms with Crippen LogP contribution in [0.25, 0.3) is 0 Å². The number of nitrogens with one attached hydrogen (secondary N) is 1. The molecule has 0 amide bonds. The highest BCUT2D eigenvalue weighted by Crippen LogP contribution is 2.35. The van der Waals surface area contributed by atoms with Crippen molar-refractivity contribution in [3.63, 3.8) is 0 Å². The van der Waals surface area contributed by atoms with Gasteiger partial charge in [-0.3, -0.25) is 4.68 Å². The molecule has 0 aliphatic carbocycles. The second kappa shape index (κ2) is 4.63. The molecular formula is C14H17N3O2S. The second-order valence-electron chi connectivity index (χ2n) is 5.32. The summed E-state index contributed by atoms with van der Waals surface area (Å²) in [6, 6.07) is 7.24. The van der Waals surface area contributed by atoms with Crippen LogP contribution in [0.5, 0.6) is 0 Å². The zero-order chi connectivity index (χ0) is 14.3. The summed E-state index contributed by atoms with van der Waals surface area (Å²) in [7, 11) is -3.17. The zero-order valence-electron chi connectivity index (χ0n) is 11.4. The highest BCUT2D eigenvalue weighted by atomic mass is 32.2. The number of hydrogen-bond donors (Lipinski definition) is 1. The van der Waals surface area contributed by atoms with Crippen LogP contribution in [-0.4, -0.2) is 24.0 Å². The van der Waals surface area contributed by atoms with E-state index < -0.39 is 9.84 Å². The first kappa shape index (κ1) is 13.2. The van der Waals surface area contributed by atoms with Gasteiger partial charge in [0.05, 0.1) is 28.6 Å². The number of aromatic nitrogens is 2. The number of fused-ring (bicyclic) bond motifs is 1. The van der Waals surface area contributed by atoms with E-state index in [9.17, 15) is 8.42 Å². The first-order valence-corrected chi connectivity index (χ1v) is 8.25. The van der Waals surface area contributed by atoms with E-state index >= 15 is 0 Å². The van der Waals surface area contributed by atoms with Gasteiger partial charge in [-0.2, -0.15) is 5.10 Å². The normalized spacial score (nSPS) is 20.1. The lowest BCUT2D eigenvalue weighted by atomic mass is 10.1. The minimum atomic E-state index is -3.17. The average molecular weight is 291 g/mol. The van der Waals surface area contributed by atoms with Crippen LogP contribution in [0.3, 0.4) is 0 Å². The summed E-state index contributed by atoms with van der Waals surface area (Å²) >= 11 is 0. The molecule has 1 unspecified atom stereocenters. The monoisotopic (exact) mass is 291 g/mol. The zero-order valence-corrected chi connectivity index (χ0v) is 12.3. The maximum atomic E-state index is 12.1. The van der Waals surface area contributed by atoms with Gasteiger partial charge >= 0.3 is 0 Å². The third kappa shape index (κ3) is 2.20. The van der Waals surface area contributed by atoms with Crippen molar-refractivity contribution in [1.29, 1.82) is 0 Å². The minimum absolute atomic E-state index is 0.0964. The van der Waals surface area contributed by atoms with Crippen molar-refractivity contribution >= 4 is 15.5 Å². The molecule has 0 spiro atoms. The summed E-state index contributed by atoms with van der Waals surface area (Å²) in [5.74, 6) is 0.0964. The fraction of sp³-hybridized carbons (Fsp3) is 0.357. The van der Waals surface area contributed by atoms with Crippen LogP contribution in [0.1, 0.15) is 31.5 Å². The maximum absolute atomic E-state index is 12.1. The third-order valence-corrected chi connectivity index (χ3v) is 5.30. The molecule has 1 N–H and O–H groups in total. The van der Waals surface area contributed by atoms with Crippen LogP contribution in [0.15, 0.2) is 41.6 Å². The van der Waals surface area contributed by atoms with Gasteiger partial charge in [0, 0.05) is 12.2 Å². The SMILES string of the molecule is CC(C)n1cc(NC2CS(=O)(=O)c3ccccc32)cn1. The molecule has 0 saturated heterocycles. The quantitative estimate of drug-likeness (QED) is 0.943. The van der Waals surface area contributed by atoms with Crippen LogP contribution in [0.2, 0.25) is 0 Å². The van der Waals surface area contributed by atoms with Crippen molar-refractivity contribution in [3.8, 4) is 0 Å². The van der Waals surface area contributed by atoms with E-state index in [1.807, 2.05) is 36.9 Å². The van der Waals surface area contributed by atoms with Crippen molar-refractivity contribution < 1.29 is 8.42 Å². The van der Waals surface area contributed by atoms with Gasteiger partial charge in [0.2, 0.25) is 0 Å². The number of benzene rings is 1. The molecular weight excluding hydrogens is 274 g/mol. The van der Waals surface area contributed by atoms with E-state index in [0.717, 1.165) is 11.3 Å². The Labute approximate surface area is 118 Å². The average Bonchev–Trinajstić information content (AvgIpc) is 2.95. The summed E-state index contributed by atoms with van der Waals surface area (Å²) < 4.78 is 26.1. The number of nitrogens with zero attached hydrogens (tertiary/aromatic N) is 2. The largest absolute Gasteiger partial charge is 0.375 e. The molecule has 0 saturated carbocycles. The molecule has 6 heteroatoms. The van der Waals surface area contributed by atoms with Gasteiger partial charge in [-0.25, -0.2) is 8.42 Å². The Bertz CT molecular complexity index is 734. The molecule has 1 atom stereocenters. The Morgan fingerprint density at radius 3 is 2.80 bits per heavy atom. The van der Waals surface area contributed by atoms with Crippen molar-refractivity contribution in [2.45, 2.75) is 30.8 Å². The standard InChI is InChI=1S/C14H17N3O2S/c1-10(2)17-8-11(7-15-17)16-13-9-20(18,19)14-6-4-3-5-12(13)14/h3-8,10,13,16H,9H2,1-2H3. The molecule has 2 heterocycles. The number of rotatable bonds is 3. The minimum Gasteiger partial charge on any atom is -0.375 e. The molecule has 0 bridgehead atoms. The summed E-state index contributed by atoms with van der Waals surface area (Å²) in [6.45, 7) is 4.10. The molecule has 5 nitrogen and oxygen atoms in total. The molecule has 2 aromatic rings. The molecule has 1 aromatic heterocycles. The Morgan fingerprint density at radius 1 is 1.35 bits per heavy atom. The van der Waals surface area contributed by atoms with E-state index in [-0.39, 0.29) is 17.8 Å². The van der Waals surface area contributed by atoms with Gasteiger partial charge in [0.15, 0.2) is 9.84 Å². The Morgan fingerprint density at radius 2 is 2.10 bits per heavy atom. The Balaban J connectivity index is 1.89. The second-order valence-corrected chi connectivity index (χ2v) is 7.32. The molecule has 1 aliphatic heterocycles. The van der Waals surface area contributed by atoms with Gasteiger partial charge in [-0.05, 0) is 25.5 Å². The fourth-order valence-corrected chi connectivity index (χ4v) is 4.20. The molecule has 106 valence electrons. The van der Waals surface area contributed by atoms with Crippen molar-refractivity contribution in [2.75, 3.05) is 11.1 Å². The summed E-state index contributed by atoms with van der Waals surface area (Å²) in [5, 5.41) is 7.52. The van der Waals surface area contributed by atoms with Crippen LogP contribution >= 0.6 is 0 Å². The third-order valence-electron chi connectivity index (χ3n) is 3.49. The van der Waals surface area contributed by atoms with Crippen molar-refractivity contribution in [2.24, 2.45) is 0 Å². The van der Waals surface area contributed by atoms with Crippen LogP contribution in [0, 0.1) is 0 Å². The number of hydrogen-bond acceptors (Lipinski definition) is 4. The first-order chi connectivity index (χ1) is 9.47. The van der Waals surface area contributed by atoms with Gasteiger partial charge in [-0.15, -0.1) is 0 Å². The smallest absolute Gasteiger partial charge is 0.181 e. The molecule has 3 rings (SSSR count). The first-order valence-electron chi connectivity index (χ1n) is 6.60. The van der Waals surface area contributed by atoms with Crippen molar-refractivity contribution in [1.82, 2.24) is 9.78 Å². The van der Waals surface area contributed by atoms with E-state index in [1.54, 1.807) is 18.3 Å². The molecule has 20 heavy (non-hydrogen) atoms. The molecule has 1 aliphatic rings. The summed E-state index contributed by atoms with van der Waals surface area (Å²) in [6.07, 6.45) is 3.63. The molecule has 0 fully saturated rings. The Kier molecular flexibility index (Phi) is 3.05. The van der Waals surface area contributed by atoms with E-state index in [0.29, 0.717) is 4.90 Å². The summed E-state index contributed by atoms with van der Waals surface area (Å²) in [5.41, 5.74) is 1.68. The van der Waals surface area contributed by atoms with Crippen molar-refractivity contribution in [3.05, 3.63) is 42.2 Å².